The highest BCUT2D eigenvalue weighted by Gasteiger charge is 2.21. The van der Waals surface area contributed by atoms with Crippen molar-refractivity contribution in [3.63, 3.8) is 0 Å². The molecule has 1 heterocycles. The molecule has 1 amide bonds. The molecule has 0 fully saturated rings. The van der Waals surface area contributed by atoms with Gasteiger partial charge in [0.15, 0.2) is 0 Å². The lowest BCUT2D eigenvalue weighted by Gasteiger charge is -2.10. The first-order valence-electron chi connectivity index (χ1n) is 7.67. The van der Waals surface area contributed by atoms with Crippen LogP contribution in [0.1, 0.15) is 31.5 Å². The zero-order chi connectivity index (χ0) is 16.8. The highest BCUT2D eigenvalue weighted by atomic mass is 32.2. The number of aromatic nitrogens is 1. The molecule has 0 spiro atoms. The predicted molar refractivity (Wildman–Crippen MR) is 91.3 cm³/mol. The third kappa shape index (κ3) is 4.76. The maximum absolute atomic E-state index is 12.3. The number of oxazole rings is 1. The first-order valence-corrected chi connectivity index (χ1v) is 9.05. The molecule has 1 aromatic carbocycles. The molecule has 2 unspecified atom stereocenters. The topological polar surface area (TPSA) is 72.2 Å². The minimum absolute atomic E-state index is 0.188. The maximum Gasteiger partial charge on any atom is 0.235 e. The Morgan fingerprint density at radius 3 is 2.70 bits per heavy atom. The lowest BCUT2D eigenvalue weighted by atomic mass is 10.1. The molecule has 0 radical (unpaired) electrons. The van der Waals surface area contributed by atoms with Crippen molar-refractivity contribution in [1.82, 2.24) is 10.3 Å². The first kappa shape index (κ1) is 17.4. The quantitative estimate of drug-likeness (QED) is 0.845. The number of benzene rings is 1. The van der Waals surface area contributed by atoms with E-state index in [1.165, 1.54) is 6.26 Å². The molecule has 0 aliphatic heterocycles. The fraction of sp³-hybridized carbons (Fsp3) is 0.412. The Morgan fingerprint density at radius 2 is 2.04 bits per heavy atom. The van der Waals surface area contributed by atoms with Crippen LogP contribution >= 0.6 is 0 Å². The summed E-state index contributed by atoms with van der Waals surface area (Å²) in [4.78, 5) is 16.2. The molecule has 124 valence electrons. The zero-order valence-corrected chi connectivity index (χ0v) is 14.5. The van der Waals surface area contributed by atoms with Crippen LogP contribution in [0.4, 0.5) is 0 Å². The van der Waals surface area contributed by atoms with Gasteiger partial charge in [0.05, 0.1) is 11.4 Å². The summed E-state index contributed by atoms with van der Waals surface area (Å²) >= 11 is 0. The van der Waals surface area contributed by atoms with Gasteiger partial charge in [-0.2, -0.15) is 0 Å². The maximum atomic E-state index is 12.3. The van der Waals surface area contributed by atoms with Crippen LogP contribution in [0.3, 0.4) is 0 Å². The molecule has 2 atom stereocenters. The van der Waals surface area contributed by atoms with Crippen LogP contribution in [0, 0.1) is 6.92 Å². The molecule has 0 saturated carbocycles. The van der Waals surface area contributed by atoms with Gasteiger partial charge >= 0.3 is 0 Å². The summed E-state index contributed by atoms with van der Waals surface area (Å²) in [5.74, 6) is 0.517. The van der Waals surface area contributed by atoms with Crippen LogP contribution in [0.2, 0.25) is 0 Å². The number of hydrogen-bond donors (Lipinski definition) is 1. The van der Waals surface area contributed by atoms with Crippen molar-refractivity contribution in [2.75, 3.05) is 6.54 Å². The molecule has 1 N–H and O–H groups in total. The molecular weight excluding hydrogens is 312 g/mol. The molecule has 0 bridgehead atoms. The van der Waals surface area contributed by atoms with E-state index in [0.29, 0.717) is 18.1 Å². The van der Waals surface area contributed by atoms with E-state index < -0.39 is 16.0 Å². The van der Waals surface area contributed by atoms with Gasteiger partial charge in [0, 0.05) is 22.9 Å². The standard InChI is InChI=1S/C17H22N2O3S/c1-4-9-18-16(20)13(3)23(21)11-15-10-22-17(19-15)14-7-5-12(2)6-8-14/h5-8,10,13H,4,9,11H2,1-3H3,(H,18,20). The molecular formula is C17H22N2O3S. The van der Waals surface area contributed by atoms with Crippen LogP contribution in [0.5, 0.6) is 0 Å². The zero-order valence-electron chi connectivity index (χ0n) is 13.7. The number of rotatable bonds is 7. The highest BCUT2D eigenvalue weighted by Crippen LogP contribution is 2.20. The number of aryl methyl sites for hydroxylation is 1. The molecule has 23 heavy (non-hydrogen) atoms. The van der Waals surface area contributed by atoms with Gasteiger partial charge in [0.2, 0.25) is 11.8 Å². The van der Waals surface area contributed by atoms with Gasteiger partial charge < -0.3 is 9.73 Å². The number of carbonyl (C=O) groups excluding carboxylic acids is 1. The Bertz CT molecular complexity index is 679. The summed E-state index contributed by atoms with van der Waals surface area (Å²) in [6, 6.07) is 7.83. The Morgan fingerprint density at radius 1 is 1.35 bits per heavy atom. The van der Waals surface area contributed by atoms with E-state index in [9.17, 15) is 9.00 Å². The van der Waals surface area contributed by atoms with Crippen molar-refractivity contribution >= 4 is 16.7 Å². The van der Waals surface area contributed by atoms with Crippen molar-refractivity contribution in [2.24, 2.45) is 0 Å². The van der Waals surface area contributed by atoms with E-state index in [1.54, 1.807) is 6.92 Å². The summed E-state index contributed by atoms with van der Waals surface area (Å²) in [6.45, 7) is 6.26. The van der Waals surface area contributed by atoms with Gasteiger partial charge in [0.1, 0.15) is 11.5 Å². The normalized spacial score (nSPS) is 13.5. The smallest absolute Gasteiger partial charge is 0.235 e. The van der Waals surface area contributed by atoms with E-state index in [4.69, 9.17) is 4.42 Å². The van der Waals surface area contributed by atoms with Crippen molar-refractivity contribution in [1.29, 1.82) is 0 Å². The number of amides is 1. The summed E-state index contributed by atoms with van der Waals surface area (Å²) < 4.78 is 17.7. The number of carbonyl (C=O) groups is 1. The van der Waals surface area contributed by atoms with Crippen molar-refractivity contribution in [3.8, 4) is 11.5 Å². The SMILES string of the molecule is CCCNC(=O)C(C)S(=O)Cc1coc(-c2ccc(C)cc2)n1. The van der Waals surface area contributed by atoms with E-state index in [1.807, 2.05) is 38.1 Å². The number of nitrogens with zero attached hydrogens (tertiary/aromatic N) is 1. The van der Waals surface area contributed by atoms with Crippen LogP contribution in [-0.4, -0.2) is 26.9 Å². The number of nitrogens with one attached hydrogen (secondary N) is 1. The molecule has 1 aromatic heterocycles. The van der Waals surface area contributed by atoms with E-state index in [0.717, 1.165) is 17.5 Å². The van der Waals surface area contributed by atoms with Crippen LogP contribution in [0.15, 0.2) is 34.9 Å². The van der Waals surface area contributed by atoms with E-state index in [2.05, 4.69) is 10.3 Å². The minimum Gasteiger partial charge on any atom is -0.444 e. The largest absolute Gasteiger partial charge is 0.444 e. The molecule has 6 heteroatoms. The second kappa shape index (κ2) is 8.06. The lowest BCUT2D eigenvalue weighted by Crippen LogP contribution is -2.36. The molecule has 0 saturated heterocycles. The van der Waals surface area contributed by atoms with Gasteiger partial charge in [-0.1, -0.05) is 24.6 Å². The fourth-order valence-corrected chi connectivity index (χ4v) is 2.98. The van der Waals surface area contributed by atoms with E-state index in [-0.39, 0.29) is 11.7 Å². The monoisotopic (exact) mass is 334 g/mol. The average Bonchev–Trinajstić information content (AvgIpc) is 3.00. The summed E-state index contributed by atoms with van der Waals surface area (Å²) in [6.07, 6.45) is 2.36. The summed E-state index contributed by atoms with van der Waals surface area (Å²) in [5, 5.41) is 2.19. The molecule has 0 aliphatic rings. The van der Waals surface area contributed by atoms with Gasteiger partial charge in [-0.3, -0.25) is 9.00 Å². The van der Waals surface area contributed by atoms with E-state index >= 15 is 0 Å². The molecule has 0 aliphatic carbocycles. The average molecular weight is 334 g/mol. The van der Waals surface area contributed by atoms with Crippen molar-refractivity contribution in [2.45, 2.75) is 38.2 Å². The van der Waals surface area contributed by atoms with Crippen molar-refractivity contribution < 1.29 is 13.4 Å². The predicted octanol–water partition coefficient (Wildman–Crippen LogP) is 2.81. The van der Waals surface area contributed by atoms with Gasteiger partial charge in [0.25, 0.3) is 0 Å². The fourth-order valence-electron chi connectivity index (χ4n) is 1.98. The molecule has 2 aromatic rings. The Kier molecular flexibility index (Phi) is 6.10. The Labute approximate surface area is 139 Å². The third-order valence-corrected chi connectivity index (χ3v) is 5.04. The minimum atomic E-state index is -1.33. The van der Waals surface area contributed by atoms with Gasteiger partial charge in [-0.15, -0.1) is 0 Å². The highest BCUT2D eigenvalue weighted by molar-refractivity contribution is 7.85. The molecule has 2 rings (SSSR count). The van der Waals surface area contributed by atoms with Gasteiger partial charge in [-0.05, 0) is 32.4 Å². The summed E-state index contributed by atoms with van der Waals surface area (Å²) in [7, 11) is -1.33. The third-order valence-electron chi connectivity index (χ3n) is 3.45. The second-order valence-corrected chi connectivity index (χ2v) is 7.23. The van der Waals surface area contributed by atoms with Crippen LogP contribution in [0.25, 0.3) is 11.5 Å². The van der Waals surface area contributed by atoms with Gasteiger partial charge in [-0.25, -0.2) is 4.98 Å². The summed E-state index contributed by atoms with van der Waals surface area (Å²) in [5.41, 5.74) is 2.63. The Hall–Kier alpha value is -1.95. The lowest BCUT2D eigenvalue weighted by molar-refractivity contribution is -0.120. The number of hydrogen-bond acceptors (Lipinski definition) is 4. The second-order valence-electron chi connectivity index (χ2n) is 5.47. The first-order chi connectivity index (χ1) is 11.0. The van der Waals surface area contributed by atoms with Crippen LogP contribution in [-0.2, 0) is 21.3 Å². The van der Waals surface area contributed by atoms with Crippen molar-refractivity contribution in [3.05, 3.63) is 41.8 Å². The molecule has 5 nitrogen and oxygen atoms in total. The Balaban J connectivity index is 1.99. The van der Waals surface area contributed by atoms with Crippen LogP contribution < -0.4 is 5.32 Å².